The second-order valence-electron chi connectivity index (χ2n) is 5.27. The number of nitro benzene ring substituents is 1. The van der Waals surface area contributed by atoms with Crippen LogP contribution in [0.3, 0.4) is 0 Å². The molecule has 0 aliphatic heterocycles. The fraction of sp³-hybridized carbons (Fsp3) is 0.111. The summed E-state index contributed by atoms with van der Waals surface area (Å²) < 4.78 is 5.72. The topological polar surface area (TPSA) is 98.5 Å². The molecule has 0 saturated carbocycles. The fourth-order valence-electron chi connectivity index (χ4n) is 2.10. The molecular weight excluding hydrogens is 404 g/mol. The van der Waals surface area contributed by atoms with E-state index in [0.29, 0.717) is 5.56 Å². The molecule has 0 unspecified atom stereocenters. The van der Waals surface area contributed by atoms with Gasteiger partial charge in [0, 0.05) is 16.6 Å². The van der Waals surface area contributed by atoms with Gasteiger partial charge in [-0.1, -0.05) is 40.2 Å². The number of para-hydroxylation sites is 1. The Hall–Kier alpha value is -3.00. The summed E-state index contributed by atoms with van der Waals surface area (Å²) in [5.74, 6) is -1.36. The number of nitrogens with one attached hydrogen (secondary N) is 1. The zero-order chi connectivity index (χ0) is 19.1. The highest BCUT2D eigenvalue weighted by Crippen LogP contribution is 2.27. The maximum atomic E-state index is 11.9. The summed E-state index contributed by atoms with van der Waals surface area (Å²) in [6.07, 6.45) is 2.75. The number of hydrogen-bond acceptors (Lipinski definition) is 5. The number of nitrogens with zero attached hydrogens (tertiary/aromatic N) is 1. The van der Waals surface area contributed by atoms with Crippen molar-refractivity contribution >= 4 is 45.3 Å². The minimum atomic E-state index is -0.695. The van der Waals surface area contributed by atoms with Gasteiger partial charge in [-0.05, 0) is 36.3 Å². The van der Waals surface area contributed by atoms with E-state index in [2.05, 4.69) is 21.2 Å². The number of anilines is 1. The monoisotopic (exact) mass is 418 g/mol. The molecule has 1 N–H and O–H groups in total. The fourth-order valence-corrected chi connectivity index (χ4v) is 2.52. The molecule has 2 aromatic rings. The molecule has 134 valence electrons. The van der Waals surface area contributed by atoms with Crippen LogP contribution in [0.15, 0.2) is 53.0 Å². The number of rotatable bonds is 6. The summed E-state index contributed by atoms with van der Waals surface area (Å²) in [6.45, 7) is 1.09. The van der Waals surface area contributed by atoms with Gasteiger partial charge in [-0.25, -0.2) is 4.79 Å². The molecule has 7 nitrogen and oxygen atoms in total. The van der Waals surface area contributed by atoms with Crippen molar-refractivity contribution in [1.82, 2.24) is 0 Å². The summed E-state index contributed by atoms with van der Waals surface area (Å²) in [5, 5.41) is 13.4. The average molecular weight is 419 g/mol. The second kappa shape index (κ2) is 8.91. The maximum absolute atomic E-state index is 11.9. The van der Waals surface area contributed by atoms with Crippen LogP contribution in [0.5, 0.6) is 0 Å². The Labute approximate surface area is 157 Å². The van der Waals surface area contributed by atoms with Gasteiger partial charge in [0.2, 0.25) is 0 Å². The van der Waals surface area contributed by atoms with Gasteiger partial charge >= 0.3 is 5.97 Å². The van der Waals surface area contributed by atoms with E-state index < -0.39 is 23.4 Å². The molecule has 0 bridgehead atoms. The van der Waals surface area contributed by atoms with Crippen molar-refractivity contribution in [3.05, 3.63) is 74.3 Å². The Balaban J connectivity index is 1.93. The number of halogens is 1. The van der Waals surface area contributed by atoms with Gasteiger partial charge < -0.3 is 10.1 Å². The Morgan fingerprint density at radius 1 is 1.27 bits per heavy atom. The van der Waals surface area contributed by atoms with Crippen LogP contribution in [0.1, 0.15) is 11.1 Å². The number of aryl methyl sites for hydroxylation is 1. The van der Waals surface area contributed by atoms with Crippen LogP contribution in [0.4, 0.5) is 11.4 Å². The van der Waals surface area contributed by atoms with E-state index in [1.807, 2.05) is 18.2 Å². The third-order valence-electron chi connectivity index (χ3n) is 3.32. The van der Waals surface area contributed by atoms with Crippen LogP contribution in [0, 0.1) is 17.0 Å². The SMILES string of the molecule is Cc1cccc([N+](=O)[O-])c1NC(=O)COC(=O)/C=C/c1cccc(Br)c1. The molecule has 26 heavy (non-hydrogen) atoms. The Morgan fingerprint density at radius 3 is 2.69 bits per heavy atom. The molecule has 2 rings (SSSR count). The van der Waals surface area contributed by atoms with E-state index in [9.17, 15) is 19.7 Å². The molecule has 0 saturated heterocycles. The normalized spacial score (nSPS) is 10.5. The van der Waals surface area contributed by atoms with Gasteiger partial charge in [-0.3, -0.25) is 14.9 Å². The summed E-state index contributed by atoms with van der Waals surface area (Å²) in [7, 11) is 0. The van der Waals surface area contributed by atoms with Gasteiger partial charge in [-0.15, -0.1) is 0 Å². The summed E-state index contributed by atoms with van der Waals surface area (Å²) in [6, 6.07) is 11.7. The minimum Gasteiger partial charge on any atom is -0.452 e. The Morgan fingerprint density at radius 2 is 2.00 bits per heavy atom. The molecule has 0 aromatic heterocycles. The molecule has 0 atom stereocenters. The number of benzene rings is 2. The van der Waals surface area contributed by atoms with Crippen molar-refractivity contribution in [3.8, 4) is 0 Å². The van der Waals surface area contributed by atoms with Crippen molar-refractivity contribution in [2.45, 2.75) is 6.92 Å². The predicted molar refractivity (Wildman–Crippen MR) is 101 cm³/mol. The van der Waals surface area contributed by atoms with E-state index in [4.69, 9.17) is 4.74 Å². The highest BCUT2D eigenvalue weighted by atomic mass is 79.9. The van der Waals surface area contributed by atoms with Crippen LogP contribution in [0.25, 0.3) is 6.08 Å². The highest BCUT2D eigenvalue weighted by molar-refractivity contribution is 9.10. The molecule has 0 aliphatic carbocycles. The molecule has 0 aliphatic rings. The van der Waals surface area contributed by atoms with Crippen molar-refractivity contribution in [3.63, 3.8) is 0 Å². The first-order chi connectivity index (χ1) is 12.4. The largest absolute Gasteiger partial charge is 0.452 e. The van der Waals surface area contributed by atoms with E-state index in [0.717, 1.165) is 10.0 Å². The second-order valence-corrected chi connectivity index (χ2v) is 6.19. The number of carbonyl (C=O) groups is 2. The number of esters is 1. The first kappa shape index (κ1) is 19.3. The first-order valence-electron chi connectivity index (χ1n) is 7.51. The van der Waals surface area contributed by atoms with Crippen molar-refractivity contribution in [1.29, 1.82) is 0 Å². The van der Waals surface area contributed by atoms with Crippen LogP contribution in [0.2, 0.25) is 0 Å². The summed E-state index contributed by atoms with van der Waals surface area (Å²) in [5.41, 5.74) is 1.19. The summed E-state index contributed by atoms with van der Waals surface area (Å²) in [4.78, 5) is 34.0. The average Bonchev–Trinajstić information content (AvgIpc) is 2.59. The van der Waals surface area contributed by atoms with Crippen LogP contribution in [-0.4, -0.2) is 23.4 Å². The smallest absolute Gasteiger partial charge is 0.331 e. The molecular formula is C18H15BrN2O5. The highest BCUT2D eigenvalue weighted by Gasteiger charge is 2.18. The Bertz CT molecular complexity index is 880. The lowest BCUT2D eigenvalue weighted by molar-refractivity contribution is -0.384. The van der Waals surface area contributed by atoms with Gasteiger partial charge in [0.05, 0.1) is 4.92 Å². The molecule has 0 radical (unpaired) electrons. The van der Waals surface area contributed by atoms with Crippen molar-refractivity contribution in [2.24, 2.45) is 0 Å². The van der Waals surface area contributed by atoms with Crippen molar-refractivity contribution < 1.29 is 19.2 Å². The number of hydrogen-bond donors (Lipinski definition) is 1. The number of nitro groups is 1. The van der Waals surface area contributed by atoms with Gasteiger partial charge in [-0.2, -0.15) is 0 Å². The lowest BCUT2D eigenvalue weighted by Crippen LogP contribution is -2.21. The molecule has 0 heterocycles. The molecule has 8 heteroatoms. The lowest BCUT2D eigenvalue weighted by Gasteiger charge is -2.08. The zero-order valence-electron chi connectivity index (χ0n) is 13.8. The number of amides is 1. The van der Waals surface area contributed by atoms with Crippen LogP contribution in [-0.2, 0) is 14.3 Å². The third kappa shape index (κ3) is 5.52. The molecule has 2 aromatic carbocycles. The van der Waals surface area contributed by atoms with E-state index in [-0.39, 0.29) is 11.4 Å². The van der Waals surface area contributed by atoms with Gasteiger partial charge in [0.1, 0.15) is 5.69 Å². The lowest BCUT2D eigenvalue weighted by atomic mass is 10.1. The van der Waals surface area contributed by atoms with E-state index >= 15 is 0 Å². The molecule has 0 spiro atoms. The van der Waals surface area contributed by atoms with Crippen LogP contribution >= 0.6 is 15.9 Å². The zero-order valence-corrected chi connectivity index (χ0v) is 15.4. The molecule has 1 amide bonds. The summed E-state index contributed by atoms with van der Waals surface area (Å²) >= 11 is 3.32. The van der Waals surface area contributed by atoms with Crippen molar-refractivity contribution in [2.75, 3.05) is 11.9 Å². The number of carbonyl (C=O) groups excluding carboxylic acids is 2. The first-order valence-corrected chi connectivity index (χ1v) is 8.30. The van der Waals surface area contributed by atoms with Gasteiger partial charge in [0.15, 0.2) is 6.61 Å². The third-order valence-corrected chi connectivity index (χ3v) is 3.81. The van der Waals surface area contributed by atoms with E-state index in [1.165, 1.54) is 18.2 Å². The van der Waals surface area contributed by atoms with Gasteiger partial charge in [0.25, 0.3) is 11.6 Å². The number of ether oxygens (including phenoxy) is 1. The standard InChI is InChI=1S/C18H15BrN2O5/c1-12-4-2-7-15(21(24)25)18(12)20-16(22)11-26-17(23)9-8-13-5-3-6-14(19)10-13/h2-10H,11H2,1H3,(H,20,22)/b9-8+. The maximum Gasteiger partial charge on any atom is 0.331 e. The van der Waals surface area contributed by atoms with Crippen LogP contribution < -0.4 is 5.32 Å². The van der Waals surface area contributed by atoms with E-state index in [1.54, 1.807) is 25.1 Å². The quantitative estimate of drug-likeness (QED) is 0.332. The Kier molecular flexibility index (Phi) is 6.62. The predicted octanol–water partition coefficient (Wildman–Crippen LogP) is 3.86. The molecule has 0 fully saturated rings. The minimum absolute atomic E-state index is 0.0863.